The summed E-state index contributed by atoms with van der Waals surface area (Å²) in [6.07, 6.45) is 1.75. The van der Waals surface area contributed by atoms with Crippen molar-refractivity contribution in [2.45, 2.75) is 45.7 Å². The summed E-state index contributed by atoms with van der Waals surface area (Å²) in [5.41, 5.74) is -0.154. The highest BCUT2D eigenvalue weighted by atomic mass is 32.1. The first kappa shape index (κ1) is 20.6. The first-order valence-corrected chi connectivity index (χ1v) is 10.3. The van der Waals surface area contributed by atoms with Gasteiger partial charge in [0.05, 0.1) is 5.56 Å². The number of amides is 2. The Kier molecular flexibility index (Phi) is 6.27. The molecule has 28 heavy (non-hydrogen) atoms. The molecule has 3 rings (SSSR count). The number of carbonyl (C=O) groups is 1. The fourth-order valence-electron chi connectivity index (χ4n) is 3.50. The zero-order valence-electron chi connectivity index (χ0n) is 16.0. The molecule has 0 saturated carbocycles. The van der Waals surface area contributed by atoms with E-state index in [-0.39, 0.29) is 6.03 Å². The molecule has 2 aromatic rings. The second-order valence-electron chi connectivity index (χ2n) is 7.15. The van der Waals surface area contributed by atoms with Gasteiger partial charge in [0.1, 0.15) is 0 Å². The van der Waals surface area contributed by atoms with E-state index in [1.165, 1.54) is 29.9 Å². The van der Waals surface area contributed by atoms with Gasteiger partial charge in [-0.05, 0) is 49.9 Å². The zero-order chi connectivity index (χ0) is 20.3. The predicted molar refractivity (Wildman–Crippen MR) is 104 cm³/mol. The van der Waals surface area contributed by atoms with Gasteiger partial charge in [0, 0.05) is 29.9 Å². The van der Waals surface area contributed by atoms with Crippen LogP contribution in [0, 0.1) is 12.8 Å². The molecule has 0 aliphatic carbocycles. The summed E-state index contributed by atoms with van der Waals surface area (Å²) in [7, 11) is 0. The van der Waals surface area contributed by atoms with Gasteiger partial charge in [0.25, 0.3) is 0 Å². The van der Waals surface area contributed by atoms with Crippen molar-refractivity contribution in [1.29, 1.82) is 0 Å². The van der Waals surface area contributed by atoms with Gasteiger partial charge in [-0.2, -0.15) is 18.2 Å². The van der Waals surface area contributed by atoms with Gasteiger partial charge in [-0.15, -0.1) is 11.3 Å². The Morgan fingerprint density at radius 3 is 2.43 bits per heavy atom. The lowest BCUT2D eigenvalue weighted by Crippen LogP contribution is -2.37. The highest BCUT2D eigenvalue weighted by Crippen LogP contribution is 2.29. The van der Waals surface area contributed by atoms with E-state index in [1.54, 1.807) is 15.7 Å². The number of nitrogens with zero attached hydrogens (tertiary/aromatic N) is 3. The van der Waals surface area contributed by atoms with Gasteiger partial charge in [0.2, 0.25) is 0 Å². The molecule has 1 aromatic carbocycles. The number of likely N-dealkylation sites (tertiary alicyclic amines) is 1. The number of piperidine rings is 1. The first-order chi connectivity index (χ1) is 13.3. The lowest BCUT2D eigenvalue weighted by atomic mass is 9.93. The maximum absolute atomic E-state index is 12.8. The number of alkyl halides is 3. The van der Waals surface area contributed by atoms with Gasteiger partial charge < -0.3 is 4.90 Å². The summed E-state index contributed by atoms with van der Waals surface area (Å²) in [5.74, 6) is 0.676. The number of benzene rings is 1. The molecule has 152 valence electrons. The van der Waals surface area contributed by atoms with Crippen LogP contribution in [0.3, 0.4) is 0 Å². The van der Waals surface area contributed by atoms with Gasteiger partial charge in [-0.25, -0.2) is 4.79 Å². The van der Waals surface area contributed by atoms with Crippen LogP contribution in [0.2, 0.25) is 0 Å². The molecule has 0 spiro atoms. The average Bonchev–Trinajstić information content (AvgIpc) is 3.02. The van der Waals surface area contributed by atoms with Gasteiger partial charge in [-0.3, -0.25) is 4.57 Å². The topological polar surface area (TPSA) is 37.6 Å². The van der Waals surface area contributed by atoms with Crippen molar-refractivity contribution in [1.82, 2.24) is 9.47 Å². The fourth-order valence-corrected chi connectivity index (χ4v) is 4.33. The van der Waals surface area contributed by atoms with Crippen molar-refractivity contribution >= 4 is 17.4 Å². The monoisotopic (exact) mass is 411 g/mol. The Balaban J connectivity index is 1.81. The predicted octanol–water partition coefficient (Wildman–Crippen LogP) is 5.40. The summed E-state index contributed by atoms with van der Waals surface area (Å²) in [4.78, 5) is 20.0. The third-order valence-electron chi connectivity index (χ3n) is 5.02. The molecule has 2 amide bonds. The molecule has 1 aliphatic rings. The van der Waals surface area contributed by atoms with E-state index < -0.39 is 11.7 Å². The van der Waals surface area contributed by atoms with Crippen molar-refractivity contribution in [2.75, 3.05) is 13.1 Å². The highest BCUT2D eigenvalue weighted by molar-refractivity contribution is 7.09. The Morgan fingerprint density at radius 1 is 1.21 bits per heavy atom. The van der Waals surface area contributed by atoms with E-state index >= 15 is 0 Å². The quantitative estimate of drug-likeness (QED) is 0.666. The maximum atomic E-state index is 12.8. The summed E-state index contributed by atoms with van der Waals surface area (Å²) in [6.45, 7) is 5.46. The highest BCUT2D eigenvalue weighted by Gasteiger charge is 2.30. The zero-order valence-corrected chi connectivity index (χ0v) is 16.8. The number of hydrogen-bond acceptors (Lipinski definition) is 2. The molecule has 0 N–H and O–H groups in total. The lowest BCUT2D eigenvalue weighted by molar-refractivity contribution is -0.137. The van der Waals surface area contributed by atoms with Gasteiger partial charge in [-0.1, -0.05) is 19.8 Å². The standard InChI is InChI=1S/C20H24F3N3OS/c1-3-4-15-9-11-25(12-10-15)18(27)24-19-26(13-14(2)28-19)17-7-5-16(6-8-17)20(21,22)23/h5-8,13,15H,3-4,9-12H2,1-2H3/b24-19-. The van der Waals surface area contributed by atoms with Crippen LogP contribution in [0.5, 0.6) is 0 Å². The molecular weight excluding hydrogens is 387 g/mol. The van der Waals surface area contributed by atoms with E-state index in [4.69, 9.17) is 0 Å². The number of hydrogen-bond donors (Lipinski definition) is 0. The van der Waals surface area contributed by atoms with Crippen LogP contribution in [0.4, 0.5) is 18.0 Å². The minimum Gasteiger partial charge on any atom is -0.323 e. The lowest BCUT2D eigenvalue weighted by Gasteiger charge is -2.30. The molecule has 8 heteroatoms. The molecule has 4 nitrogen and oxygen atoms in total. The second kappa shape index (κ2) is 8.51. The average molecular weight is 411 g/mol. The van der Waals surface area contributed by atoms with Crippen LogP contribution in [0.1, 0.15) is 43.0 Å². The molecule has 1 fully saturated rings. The van der Waals surface area contributed by atoms with Crippen LogP contribution >= 0.6 is 11.3 Å². The molecule has 0 unspecified atom stereocenters. The third kappa shape index (κ3) is 4.84. The van der Waals surface area contributed by atoms with Gasteiger partial charge in [0.15, 0.2) is 4.80 Å². The molecule has 1 saturated heterocycles. The van der Waals surface area contributed by atoms with Crippen molar-refractivity contribution in [3.05, 3.63) is 45.7 Å². The van der Waals surface area contributed by atoms with Crippen molar-refractivity contribution in [2.24, 2.45) is 10.9 Å². The summed E-state index contributed by atoms with van der Waals surface area (Å²) in [5, 5.41) is 0. The summed E-state index contributed by atoms with van der Waals surface area (Å²) in [6, 6.07) is 4.60. The minimum atomic E-state index is -4.37. The first-order valence-electron chi connectivity index (χ1n) is 9.48. The normalized spacial score (nSPS) is 16.6. The third-order valence-corrected chi connectivity index (χ3v) is 5.91. The molecule has 1 aromatic heterocycles. The number of urea groups is 1. The van der Waals surface area contributed by atoms with E-state index in [0.29, 0.717) is 29.5 Å². The SMILES string of the molecule is CCCC1CCN(C(=O)/N=c2\sc(C)cn2-c2ccc(C(F)(F)F)cc2)CC1. The molecule has 0 bridgehead atoms. The van der Waals surface area contributed by atoms with Crippen LogP contribution in [-0.4, -0.2) is 28.6 Å². The molecule has 0 radical (unpaired) electrons. The number of aromatic nitrogens is 1. The Labute approximate surface area is 166 Å². The molecule has 2 heterocycles. The second-order valence-corrected chi connectivity index (χ2v) is 8.37. The van der Waals surface area contributed by atoms with Crippen molar-refractivity contribution in [3.8, 4) is 5.69 Å². The summed E-state index contributed by atoms with van der Waals surface area (Å²) < 4.78 is 40.0. The number of thiazole rings is 1. The van der Waals surface area contributed by atoms with Crippen LogP contribution in [-0.2, 0) is 6.18 Å². The van der Waals surface area contributed by atoms with Crippen molar-refractivity contribution < 1.29 is 18.0 Å². The maximum Gasteiger partial charge on any atom is 0.416 e. The van der Waals surface area contributed by atoms with E-state index in [2.05, 4.69) is 11.9 Å². The Bertz CT molecular complexity index is 875. The largest absolute Gasteiger partial charge is 0.416 e. The Morgan fingerprint density at radius 2 is 1.86 bits per heavy atom. The smallest absolute Gasteiger partial charge is 0.323 e. The van der Waals surface area contributed by atoms with Crippen LogP contribution in [0.15, 0.2) is 35.5 Å². The van der Waals surface area contributed by atoms with Crippen LogP contribution in [0.25, 0.3) is 5.69 Å². The van der Waals surface area contributed by atoms with Gasteiger partial charge >= 0.3 is 12.2 Å². The number of aryl methyl sites for hydroxylation is 1. The molecular formula is C20H24F3N3OS. The van der Waals surface area contributed by atoms with Crippen molar-refractivity contribution in [3.63, 3.8) is 0 Å². The number of halogens is 3. The number of rotatable bonds is 3. The Hall–Kier alpha value is -2.09. The number of carbonyl (C=O) groups excluding carboxylic acids is 1. The fraction of sp³-hybridized carbons (Fsp3) is 0.500. The van der Waals surface area contributed by atoms with E-state index in [1.807, 2.05) is 6.92 Å². The molecule has 0 atom stereocenters. The van der Waals surface area contributed by atoms with Crippen LogP contribution < -0.4 is 4.80 Å². The van der Waals surface area contributed by atoms with E-state index in [0.717, 1.165) is 36.3 Å². The van der Waals surface area contributed by atoms with E-state index in [9.17, 15) is 18.0 Å². The summed E-state index contributed by atoms with van der Waals surface area (Å²) >= 11 is 1.35. The minimum absolute atomic E-state index is 0.280. The molecule has 1 aliphatic heterocycles.